The van der Waals surface area contributed by atoms with Crippen molar-refractivity contribution in [1.29, 1.82) is 0 Å². The van der Waals surface area contributed by atoms with Crippen LogP contribution in [0.25, 0.3) is 124 Å². The molecule has 0 saturated carbocycles. The van der Waals surface area contributed by atoms with Crippen molar-refractivity contribution >= 4 is 95.7 Å². The molecule has 0 fully saturated rings. The van der Waals surface area contributed by atoms with Gasteiger partial charge < -0.3 is 4.57 Å². The van der Waals surface area contributed by atoms with Crippen molar-refractivity contribution in [2.45, 2.75) is 0 Å². The SMILES string of the molecule is c1ccc(-c2cc(-c3ccccc3)c3sc4c(-c5ccc(-n6c7ccccc7c7c8ccccc8c8sc9ccccc9c8c76)cc5)nc(-c5ccccc5)nc4c3c2)cc1. The van der Waals surface area contributed by atoms with E-state index in [2.05, 4.69) is 199 Å². The number of hydrogen-bond donors (Lipinski definition) is 0. The molecule has 13 rings (SSSR count). The lowest BCUT2D eigenvalue weighted by Gasteiger charge is -2.12. The summed E-state index contributed by atoms with van der Waals surface area (Å²) < 4.78 is 7.42. The molecule has 13 aromatic rings. The number of hydrogen-bond acceptors (Lipinski definition) is 4. The first kappa shape index (κ1) is 34.4. The van der Waals surface area contributed by atoms with Gasteiger partial charge in [0, 0.05) is 68.8 Å². The number of aromatic nitrogens is 3. The third-order valence-corrected chi connectivity index (χ3v) is 14.6. The predicted octanol–water partition coefficient (Wildman–Crippen LogP) is 16.1. The van der Waals surface area contributed by atoms with Crippen LogP contribution in [0, 0.1) is 0 Å². The van der Waals surface area contributed by atoms with Crippen molar-refractivity contribution in [3.8, 4) is 50.6 Å². The van der Waals surface area contributed by atoms with Crippen molar-refractivity contribution < 1.29 is 0 Å². The van der Waals surface area contributed by atoms with Gasteiger partial charge in [-0.1, -0.05) is 164 Å². The first-order valence-electron chi connectivity index (χ1n) is 20.6. The summed E-state index contributed by atoms with van der Waals surface area (Å²) in [6.07, 6.45) is 0. The summed E-state index contributed by atoms with van der Waals surface area (Å²) in [6, 6.07) is 72.2. The number of benzene rings is 9. The molecule has 0 aliphatic heterocycles. The van der Waals surface area contributed by atoms with Gasteiger partial charge in [-0.3, -0.25) is 0 Å². The molecule has 284 valence electrons. The Bertz CT molecular complexity index is 3850. The van der Waals surface area contributed by atoms with Crippen LogP contribution in [0.1, 0.15) is 0 Å². The molecule has 0 unspecified atom stereocenters. The lowest BCUT2D eigenvalue weighted by atomic mass is 9.96. The fraction of sp³-hybridized carbons (Fsp3) is 0. The maximum atomic E-state index is 5.41. The minimum absolute atomic E-state index is 0.722. The zero-order chi connectivity index (χ0) is 40.0. The number of nitrogens with zero attached hydrogens (tertiary/aromatic N) is 3. The van der Waals surface area contributed by atoms with Crippen molar-refractivity contribution in [1.82, 2.24) is 14.5 Å². The van der Waals surface area contributed by atoms with E-state index < -0.39 is 0 Å². The number of para-hydroxylation sites is 1. The summed E-state index contributed by atoms with van der Waals surface area (Å²) in [4.78, 5) is 10.8. The van der Waals surface area contributed by atoms with Gasteiger partial charge in [0.25, 0.3) is 0 Å². The minimum atomic E-state index is 0.722. The molecule has 0 N–H and O–H groups in total. The van der Waals surface area contributed by atoms with E-state index in [0.29, 0.717) is 0 Å². The molecule has 3 nitrogen and oxygen atoms in total. The highest BCUT2D eigenvalue weighted by Gasteiger charge is 2.23. The van der Waals surface area contributed by atoms with Gasteiger partial charge in [-0.15, -0.1) is 22.7 Å². The molecule has 9 aromatic carbocycles. The molecular formula is C56H33N3S2. The van der Waals surface area contributed by atoms with Gasteiger partial charge in [0.2, 0.25) is 0 Å². The summed E-state index contributed by atoms with van der Waals surface area (Å²) >= 11 is 3.69. The largest absolute Gasteiger partial charge is 0.309 e. The van der Waals surface area contributed by atoms with Crippen molar-refractivity contribution in [2.24, 2.45) is 0 Å². The topological polar surface area (TPSA) is 30.7 Å². The minimum Gasteiger partial charge on any atom is -0.309 e. The molecule has 61 heavy (non-hydrogen) atoms. The molecule has 0 aliphatic rings. The molecule has 0 spiro atoms. The molecule has 5 heteroatoms. The maximum absolute atomic E-state index is 5.41. The molecular weight excluding hydrogens is 779 g/mol. The number of thiophene rings is 2. The van der Waals surface area contributed by atoms with Gasteiger partial charge in [0.15, 0.2) is 5.82 Å². The van der Waals surface area contributed by atoms with Crippen LogP contribution < -0.4 is 0 Å². The highest BCUT2D eigenvalue weighted by molar-refractivity contribution is 7.27. The Kier molecular flexibility index (Phi) is 7.65. The van der Waals surface area contributed by atoms with Crippen LogP contribution in [0.4, 0.5) is 0 Å². The lowest BCUT2D eigenvalue weighted by Crippen LogP contribution is -1.96. The third kappa shape index (κ3) is 5.28. The fourth-order valence-electron chi connectivity index (χ4n) is 9.44. The Morgan fingerprint density at radius 2 is 1.00 bits per heavy atom. The van der Waals surface area contributed by atoms with E-state index in [4.69, 9.17) is 9.97 Å². The van der Waals surface area contributed by atoms with E-state index >= 15 is 0 Å². The Hall–Kier alpha value is -7.44. The van der Waals surface area contributed by atoms with Gasteiger partial charge in [-0.05, 0) is 58.5 Å². The summed E-state index contributed by atoms with van der Waals surface area (Å²) in [6.45, 7) is 0. The Balaban J connectivity index is 1.08. The van der Waals surface area contributed by atoms with Gasteiger partial charge in [-0.25, -0.2) is 9.97 Å². The molecule has 0 saturated heterocycles. The first-order valence-corrected chi connectivity index (χ1v) is 22.2. The number of fused-ring (bicyclic) bond motifs is 13. The molecule has 0 radical (unpaired) electrons. The zero-order valence-corrected chi connectivity index (χ0v) is 34.3. The number of rotatable bonds is 5. The highest BCUT2D eigenvalue weighted by Crippen LogP contribution is 2.49. The highest BCUT2D eigenvalue weighted by atomic mass is 32.1. The maximum Gasteiger partial charge on any atom is 0.160 e. The second-order valence-electron chi connectivity index (χ2n) is 15.6. The first-order chi connectivity index (χ1) is 30.3. The van der Waals surface area contributed by atoms with Crippen LogP contribution >= 0.6 is 22.7 Å². The van der Waals surface area contributed by atoms with Crippen LogP contribution in [0.3, 0.4) is 0 Å². The van der Waals surface area contributed by atoms with E-state index in [1.54, 1.807) is 11.3 Å². The smallest absolute Gasteiger partial charge is 0.160 e. The summed E-state index contributed by atoms with van der Waals surface area (Å²) in [5.74, 6) is 0.722. The van der Waals surface area contributed by atoms with Gasteiger partial charge in [-0.2, -0.15) is 0 Å². The van der Waals surface area contributed by atoms with E-state index in [1.807, 2.05) is 17.4 Å². The van der Waals surface area contributed by atoms with Crippen molar-refractivity contribution in [3.63, 3.8) is 0 Å². The van der Waals surface area contributed by atoms with Crippen LogP contribution in [0.2, 0.25) is 0 Å². The molecule has 0 bridgehead atoms. The Morgan fingerprint density at radius 1 is 0.377 bits per heavy atom. The van der Waals surface area contributed by atoms with Crippen LogP contribution in [0.15, 0.2) is 200 Å². The van der Waals surface area contributed by atoms with Crippen LogP contribution in [-0.4, -0.2) is 14.5 Å². The van der Waals surface area contributed by atoms with Gasteiger partial charge >= 0.3 is 0 Å². The molecule has 4 aromatic heterocycles. The second-order valence-corrected chi connectivity index (χ2v) is 17.7. The van der Waals surface area contributed by atoms with E-state index in [9.17, 15) is 0 Å². The summed E-state index contributed by atoms with van der Waals surface area (Å²) in [5, 5.41) is 8.90. The standard InChI is InChI=1S/C56H33N3S2/c1-4-16-34(17-5-1)38-32-44(35-18-6-2-7-19-35)53-45(33-38)51-55(61-53)50(57-56(58-51)37-20-8-3-9-21-37)36-28-30-39(31-29-36)59-46-26-14-12-24-42(46)48-40-22-10-11-23-41(40)54-49(52(48)59)43-25-13-15-27-47(43)60-54/h1-33H. The summed E-state index contributed by atoms with van der Waals surface area (Å²) in [7, 11) is 0. The van der Waals surface area contributed by atoms with E-state index in [-0.39, 0.29) is 0 Å². The van der Waals surface area contributed by atoms with Crippen LogP contribution in [0.5, 0.6) is 0 Å². The van der Waals surface area contributed by atoms with Crippen molar-refractivity contribution in [2.75, 3.05) is 0 Å². The predicted molar refractivity (Wildman–Crippen MR) is 261 cm³/mol. The van der Waals surface area contributed by atoms with Crippen LogP contribution in [-0.2, 0) is 0 Å². The normalized spacial score (nSPS) is 11.9. The van der Waals surface area contributed by atoms with E-state index in [0.717, 1.165) is 43.9 Å². The average molecular weight is 812 g/mol. The average Bonchev–Trinajstić information content (AvgIpc) is 4.02. The fourth-order valence-corrected chi connectivity index (χ4v) is 12.0. The van der Waals surface area contributed by atoms with Gasteiger partial charge in [0.1, 0.15) is 0 Å². The molecule has 0 aliphatic carbocycles. The van der Waals surface area contributed by atoms with Gasteiger partial charge in [0.05, 0.1) is 26.9 Å². The quantitative estimate of drug-likeness (QED) is 0.173. The van der Waals surface area contributed by atoms with Crippen molar-refractivity contribution in [3.05, 3.63) is 200 Å². The Morgan fingerprint density at radius 3 is 1.75 bits per heavy atom. The second kappa shape index (κ2) is 13.5. The lowest BCUT2D eigenvalue weighted by molar-refractivity contribution is 1.18. The molecule has 0 atom stereocenters. The zero-order valence-electron chi connectivity index (χ0n) is 32.7. The monoisotopic (exact) mass is 811 g/mol. The molecule has 4 heterocycles. The third-order valence-electron chi connectivity index (χ3n) is 12.2. The Labute approximate surface area is 359 Å². The summed E-state index contributed by atoms with van der Waals surface area (Å²) in [5.41, 5.74) is 12.3. The van der Waals surface area contributed by atoms with E-state index in [1.165, 1.54) is 79.7 Å². The molecule has 0 amide bonds.